The van der Waals surface area contributed by atoms with Gasteiger partial charge in [-0.1, -0.05) is 44.2 Å². The van der Waals surface area contributed by atoms with E-state index < -0.39 is 0 Å². The van der Waals surface area contributed by atoms with Crippen molar-refractivity contribution < 1.29 is 9.47 Å². The Kier molecular flexibility index (Phi) is 6.94. The van der Waals surface area contributed by atoms with Gasteiger partial charge in [0.1, 0.15) is 0 Å². The summed E-state index contributed by atoms with van der Waals surface area (Å²) in [6, 6.07) is 10.6. The molecular formula is C15H25NO2. The van der Waals surface area contributed by atoms with E-state index in [2.05, 4.69) is 49.5 Å². The Bertz CT molecular complexity index is 310. The summed E-state index contributed by atoms with van der Waals surface area (Å²) in [5.74, 6) is 1.11. The maximum atomic E-state index is 5.16. The molecule has 1 unspecified atom stereocenters. The number of methoxy groups -OCH3 is 2. The summed E-state index contributed by atoms with van der Waals surface area (Å²) in [6.45, 7) is 6.15. The first-order chi connectivity index (χ1) is 8.69. The van der Waals surface area contributed by atoms with Crippen molar-refractivity contribution in [1.29, 1.82) is 0 Å². The first-order valence-electron chi connectivity index (χ1n) is 6.50. The molecule has 1 rings (SSSR count). The van der Waals surface area contributed by atoms with Gasteiger partial charge in [0.05, 0.1) is 0 Å². The maximum absolute atomic E-state index is 5.16. The van der Waals surface area contributed by atoms with Crippen LogP contribution in [0.4, 0.5) is 0 Å². The zero-order valence-corrected chi connectivity index (χ0v) is 11.8. The van der Waals surface area contributed by atoms with Crippen LogP contribution in [0.15, 0.2) is 30.3 Å². The number of rotatable bonds is 8. The first-order valence-corrected chi connectivity index (χ1v) is 6.50. The van der Waals surface area contributed by atoms with Gasteiger partial charge < -0.3 is 14.8 Å². The van der Waals surface area contributed by atoms with Crippen LogP contribution in [0.3, 0.4) is 0 Å². The molecule has 0 radical (unpaired) electrons. The fourth-order valence-corrected chi connectivity index (χ4v) is 2.06. The highest BCUT2D eigenvalue weighted by Crippen LogP contribution is 2.23. The lowest BCUT2D eigenvalue weighted by molar-refractivity contribution is -0.0988. The lowest BCUT2D eigenvalue weighted by Crippen LogP contribution is -2.33. The van der Waals surface area contributed by atoms with Crippen LogP contribution in [0.2, 0.25) is 0 Å². The summed E-state index contributed by atoms with van der Waals surface area (Å²) in [6.07, 6.45) is -0.173. The molecule has 1 aromatic rings. The minimum absolute atomic E-state index is 0.173. The van der Waals surface area contributed by atoms with Gasteiger partial charge in [0.2, 0.25) is 0 Å². The third kappa shape index (κ3) is 4.77. The van der Waals surface area contributed by atoms with Gasteiger partial charge in [0, 0.05) is 27.3 Å². The monoisotopic (exact) mass is 251 g/mol. The second-order valence-electron chi connectivity index (χ2n) is 4.82. The predicted octanol–water partition coefficient (Wildman–Crippen LogP) is 2.63. The molecule has 0 fully saturated rings. The second-order valence-corrected chi connectivity index (χ2v) is 4.82. The molecule has 0 aliphatic heterocycles. The average Bonchev–Trinajstić information content (AvgIpc) is 2.39. The van der Waals surface area contributed by atoms with Crippen molar-refractivity contribution in [3.63, 3.8) is 0 Å². The van der Waals surface area contributed by atoms with Crippen molar-refractivity contribution in [3.8, 4) is 0 Å². The summed E-state index contributed by atoms with van der Waals surface area (Å²) in [5, 5.41) is 3.42. The van der Waals surface area contributed by atoms with Crippen LogP contribution in [-0.2, 0) is 9.47 Å². The van der Waals surface area contributed by atoms with E-state index >= 15 is 0 Å². The molecule has 3 nitrogen and oxygen atoms in total. The van der Waals surface area contributed by atoms with Gasteiger partial charge in [-0.05, 0) is 17.4 Å². The number of hydrogen-bond donors (Lipinski definition) is 1. The van der Waals surface area contributed by atoms with Crippen LogP contribution in [0.25, 0.3) is 0 Å². The number of hydrogen-bond acceptors (Lipinski definition) is 3. The highest BCUT2D eigenvalue weighted by molar-refractivity contribution is 5.20. The molecule has 0 aliphatic carbocycles. The summed E-state index contributed by atoms with van der Waals surface area (Å²) in [5.41, 5.74) is 1.38. The average molecular weight is 251 g/mol. The van der Waals surface area contributed by atoms with E-state index in [4.69, 9.17) is 9.47 Å². The Morgan fingerprint density at radius 1 is 1.00 bits per heavy atom. The van der Waals surface area contributed by atoms with E-state index in [1.54, 1.807) is 14.2 Å². The summed E-state index contributed by atoms with van der Waals surface area (Å²) in [7, 11) is 3.32. The van der Waals surface area contributed by atoms with E-state index in [1.807, 2.05) is 0 Å². The fraction of sp³-hybridized carbons (Fsp3) is 0.600. The third-order valence-electron chi connectivity index (χ3n) is 3.23. The Morgan fingerprint density at radius 2 is 1.61 bits per heavy atom. The van der Waals surface area contributed by atoms with Gasteiger partial charge in [0.15, 0.2) is 6.29 Å². The van der Waals surface area contributed by atoms with Crippen LogP contribution < -0.4 is 5.32 Å². The van der Waals surface area contributed by atoms with Crippen LogP contribution in [0.1, 0.15) is 25.3 Å². The highest BCUT2D eigenvalue weighted by atomic mass is 16.7. The Morgan fingerprint density at radius 3 is 2.11 bits per heavy atom. The van der Waals surface area contributed by atoms with Crippen molar-refractivity contribution in [2.24, 2.45) is 5.92 Å². The molecule has 1 aromatic carbocycles. The third-order valence-corrected chi connectivity index (χ3v) is 3.23. The van der Waals surface area contributed by atoms with Crippen molar-refractivity contribution >= 4 is 0 Å². The lowest BCUT2D eigenvalue weighted by Gasteiger charge is -2.23. The van der Waals surface area contributed by atoms with E-state index in [1.165, 1.54) is 5.56 Å². The molecule has 0 amide bonds. The summed E-state index contributed by atoms with van der Waals surface area (Å²) < 4.78 is 10.3. The Balaban J connectivity index is 2.50. The standard InChI is InChI=1S/C15H25NO2/c1-12(2)14(13-8-6-5-7-9-13)10-16-11-15(17-3)18-4/h5-9,12,14-16H,10-11H2,1-4H3. The molecule has 0 aliphatic rings. The van der Waals surface area contributed by atoms with E-state index in [0.29, 0.717) is 18.4 Å². The van der Waals surface area contributed by atoms with E-state index in [-0.39, 0.29) is 6.29 Å². The summed E-state index contributed by atoms with van der Waals surface area (Å²) in [4.78, 5) is 0. The molecule has 1 atom stereocenters. The molecule has 0 aromatic heterocycles. The quantitative estimate of drug-likeness (QED) is 0.720. The molecule has 18 heavy (non-hydrogen) atoms. The normalized spacial score (nSPS) is 13.2. The molecule has 0 bridgehead atoms. The molecule has 0 heterocycles. The maximum Gasteiger partial charge on any atom is 0.169 e. The molecular weight excluding hydrogens is 226 g/mol. The van der Waals surface area contributed by atoms with Crippen molar-refractivity contribution in [3.05, 3.63) is 35.9 Å². The van der Waals surface area contributed by atoms with Crippen molar-refractivity contribution in [1.82, 2.24) is 5.32 Å². The van der Waals surface area contributed by atoms with Gasteiger partial charge in [-0.25, -0.2) is 0 Å². The molecule has 0 saturated heterocycles. The zero-order valence-electron chi connectivity index (χ0n) is 11.8. The molecule has 102 valence electrons. The van der Waals surface area contributed by atoms with Gasteiger partial charge in [-0.15, -0.1) is 0 Å². The van der Waals surface area contributed by atoms with Crippen LogP contribution in [-0.4, -0.2) is 33.6 Å². The van der Waals surface area contributed by atoms with E-state index in [0.717, 1.165) is 6.54 Å². The topological polar surface area (TPSA) is 30.5 Å². The molecule has 1 N–H and O–H groups in total. The predicted molar refractivity (Wildman–Crippen MR) is 74.7 cm³/mol. The lowest BCUT2D eigenvalue weighted by atomic mass is 9.88. The Hall–Kier alpha value is -0.900. The highest BCUT2D eigenvalue weighted by Gasteiger charge is 2.15. The largest absolute Gasteiger partial charge is 0.355 e. The van der Waals surface area contributed by atoms with Crippen LogP contribution in [0, 0.1) is 5.92 Å². The summed E-state index contributed by atoms with van der Waals surface area (Å²) >= 11 is 0. The van der Waals surface area contributed by atoms with Gasteiger partial charge in [0.25, 0.3) is 0 Å². The second kappa shape index (κ2) is 8.25. The minimum Gasteiger partial charge on any atom is -0.355 e. The van der Waals surface area contributed by atoms with Crippen LogP contribution >= 0.6 is 0 Å². The smallest absolute Gasteiger partial charge is 0.169 e. The van der Waals surface area contributed by atoms with Gasteiger partial charge in [-0.3, -0.25) is 0 Å². The molecule has 0 saturated carbocycles. The fourth-order valence-electron chi connectivity index (χ4n) is 2.06. The minimum atomic E-state index is -0.173. The zero-order chi connectivity index (χ0) is 13.4. The van der Waals surface area contributed by atoms with Gasteiger partial charge >= 0.3 is 0 Å². The molecule has 3 heteroatoms. The SMILES string of the molecule is COC(CNCC(c1ccccc1)C(C)C)OC. The number of benzene rings is 1. The van der Waals surface area contributed by atoms with Crippen molar-refractivity contribution in [2.45, 2.75) is 26.1 Å². The van der Waals surface area contributed by atoms with E-state index in [9.17, 15) is 0 Å². The van der Waals surface area contributed by atoms with Crippen LogP contribution in [0.5, 0.6) is 0 Å². The van der Waals surface area contributed by atoms with Gasteiger partial charge in [-0.2, -0.15) is 0 Å². The Labute approximate surface area is 110 Å². The number of nitrogens with one attached hydrogen (secondary N) is 1. The first kappa shape index (κ1) is 15.2. The molecule has 0 spiro atoms. The number of ether oxygens (including phenoxy) is 2. The van der Waals surface area contributed by atoms with Crippen molar-refractivity contribution in [2.75, 3.05) is 27.3 Å².